The molecule has 0 aliphatic heterocycles. The molecule has 0 radical (unpaired) electrons. The van der Waals surface area contributed by atoms with Crippen LogP contribution in [0.25, 0.3) is 22.6 Å². The second-order valence-corrected chi connectivity index (χ2v) is 4.39. The van der Waals surface area contributed by atoms with Crippen LogP contribution in [-0.2, 0) is 7.05 Å². The quantitative estimate of drug-likeness (QED) is 0.734. The maximum atomic E-state index is 11.2. The first-order valence-electron chi connectivity index (χ1n) is 5.79. The van der Waals surface area contributed by atoms with E-state index in [0.29, 0.717) is 16.9 Å². The van der Waals surface area contributed by atoms with Crippen LogP contribution in [0.5, 0.6) is 0 Å². The van der Waals surface area contributed by atoms with Crippen molar-refractivity contribution in [3.63, 3.8) is 0 Å². The summed E-state index contributed by atoms with van der Waals surface area (Å²) in [5.41, 5.74) is 3.07. The van der Waals surface area contributed by atoms with E-state index in [-0.39, 0.29) is 5.56 Å². The number of para-hydroxylation sites is 1. The summed E-state index contributed by atoms with van der Waals surface area (Å²) >= 11 is 0. The number of carboxylic acid groups (broad SMARTS) is 1. The highest BCUT2D eigenvalue weighted by Crippen LogP contribution is 2.23. The van der Waals surface area contributed by atoms with Gasteiger partial charge in [0.1, 0.15) is 11.2 Å². The van der Waals surface area contributed by atoms with Gasteiger partial charge in [-0.1, -0.05) is 6.07 Å². The van der Waals surface area contributed by atoms with Crippen molar-refractivity contribution in [1.82, 2.24) is 19.7 Å². The minimum absolute atomic E-state index is 0.193. The summed E-state index contributed by atoms with van der Waals surface area (Å²) in [6.45, 7) is 1.90. The fourth-order valence-electron chi connectivity index (χ4n) is 2.16. The summed E-state index contributed by atoms with van der Waals surface area (Å²) in [5, 5.41) is 13.4. The van der Waals surface area contributed by atoms with E-state index in [1.54, 1.807) is 16.8 Å². The fraction of sp³-hybridized carbons (Fsp3) is 0.154. The Morgan fingerprint density at radius 3 is 2.84 bits per heavy atom. The number of nitrogens with one attached hydrogen (secondary N) is 1. The number of H-pyrrole nitrogens is 1. The van der Waals surface area contributed by atoms with Gasteiger partial charge in [-0.15, -0.1) is 0 Å². The zero-order chi connectivity index (χ0) is 13.6. The van der Waals surface area contributed by atoms with E-state index in [2.05, 4.69) is 15.1 Å². The number of nitrogens with zero attached hydrogens (tertiary/aromatic N) is 3. The van der Waals surface area contributed by atoms with Crippen LogP contribution in [0.3, 0.4) is 0 Å². The Bertz CT molecular complexity index is 785. The zero-order valence-corrected chi connectivity index (χ0v) is 10.5. The fourth-order valence-corrected chi connectivity index (χ4v) is 2.16. The Morgan fingerprint density at radius 2 is 2.21 bits per heavy atom. The molecule has 0 aliphatic rings. The lowest BCUT2D eigenvalue weighted by Crippen LogP contribution is -1.97. The molecule has 2 heterocycles. The van der Waals surface area contributed by atoms with Gasteiger partial charge in [-0.2, -0.15) is 5.10 Å². The van der Waals surface area contributed by atoms with Gasteiger partial charge < -0.3 is 10.1 Å². The molecule has 2 N–H and O–H groups in total. The van der Waals surface area contributed by atoms with Gasteiger partial charge in [0.25, 0.3) is 0 Å². The smallest absolute Gasteiger partial charge is 0.337 e. The molecule has 6 nitrogen and oxygen atoms in total. The van der Waals surface area contributed by atoms with Crippen LogP contribution in [0.2, 0.25) is 0 Å². The molecular formula is C13H12N4O2. The highest BCUT2D eigenvalue weighted by molar-refractivity contribution is 6.01. The third kappa shape index (κ3) is 1.77. The lowest BCUT2D eigenvalue weighted by Gasteiger charge is -1.95. The molecule has 0 fully saturated rings. The number of aromatic carboxylic acids is 1. The number of imidazole rings is 1. The van der Waals surface area contributed by atoms with Crippen LogP contribution >= 0.6 is 0 Å². The monoisotopic (exact) mass is 256 g/mol. The molecule has 0 bridgehead atoms. The van der Waals surface area contributed by atoms with E-state index >= 15 is 0 Å². The van der Waals surface area contributed by atoms with Crippen LogP contribution in [0.1, 0.15) is 16.1 Å². The number of hydrogen-bond donors (Lipinski definition) is 2. The Labute approximate surface area is 108 Å². The van der Waals surface area contributed by atoms with Gasteiger partial charge >= 0.3 is 5.97 Å². The van der Waals surface area contributed by atoms with E-state index in [1.165, 1.54) is 0 Å². The van der Waals surface area contributed by atoms with Gasteiger partial charge in [-0.25, -0.2) is 9.78 Å². The molecular weight excluding hydrogens is 244 g/mol. The molecule has 3 rings (SSSR count). The van der Waals surface area contributed by atoms with Gasteiger partial charge in [0.15, 0.2) is 5.82 Å². The van der Waals surface area contributed by atoms with Crippen molar-refractivity contribution in [3.8, 4) is 11.5 Å². The van der Waals surface area contributed by atoms with Crippen molar-refractivity contribution in [2.24, 2.45) is 7.05 Å². The first kappa shape index (κ1) is 11.5. The molecule has 1 aromatic carbocycles. The summed E-state index contributed by atoms with van der Waals surface area (Å²) in [6.07, 6.45) is 0. The lowest BCUT2D eigenvalue weighted by molar-refractivity contribution is 0.0699. The molecule has 0 amide bonds. The number of carbonyl (C=O) groups is 1. The van der Waals surface area contributed by atoms with Crippen molar-refractivity contribution in [3.05, 3.63) is 35.5 Å². The normalized spacial score (nSPS) is 11.1. The zero-order valence-electron chi connectivity index (χ0n) is 10.5. The molecule has 96 valence electrons. The minimum atomic E-state index is -0.982. The highest BCUT2D eigenvalue weighted by atomic mass is 16.4. The number of fused-ring (bicyclic) bond motifs is 1. The van der Waals surface area contributed by atoms with Crippen molar-refractivity contribution in [1.29, 1.82) is 0 Å². The van der Waals surface area contributed by atoms with Crippen molar-refractivity contribution in [2.75, 3.05) is 0 Å². The van der Waals surface area contributed by atoms with E-state index in [1.807, 2.05) is 26.1 Å². The number of aryl methyl sites for hydroxylation is 2. The molecule has 3 aromatic rings. The summed E-state index contributed by atoms with van der Waals surface area (Å²) in [6, 6.07) is 6.95. The number of benzene rings is 1. The molecule has 0 aliphatic carbocycles. The molecule has 0 atom stereocenters. The molecule has 2 aromatic heterocycles. The second-order valence-electron chi connectivity index (χ2n) is 4.39. The summed E-state index contributed by atoms with van der Waals surface area (Å²) in [7, 11) is 1.83. The number of hydrogen-bond acceptors (Lipinski definition) is 3. The Balaban J connectivity index is 2.25. The molecule has 19 heavy (non-hydrogen) atoms. The maximum Gasteiger partial charge on any atom is 0.337 e. The van der Waals surface area contributed by atoms with Crippen molar-refractivity contribution in [2.45, 2.75) is 6.92 Å². The molecule has 0 saturated heterocycles. The standard InChI is InChI=1S/C13H12N4O2/c1-7-6-10(17(2)16-7)12-14-9-5-3-4-8(13(18)19)11(9)15-12/h3-6H,1-2H3,(H,14,15)(H,18,19). The lowest BCUT2D eigenvalue weighted by atomic mass is 10.2. The largest absolute Gasteiger partial charge is 0.478 e. The van der Waals surface area contributed by atoms with E-state index in [4.69, 9.17) is 5.11 Å². The van der Waals surface area contributed by atoms with Crippen LogP contribution in [-0.4, -0.2) is 30.8 Å². The predicted molar refractivity (Wildman–Crippen MR) is 70.0 cm³/mol. The van der Waals surface area contributed by atoms with E-state index < -0.39 is 5.97 Å². The third-order valence-corrected chi connectivity index (χ3v) is 2.99. The number of aromatic amines is 1. The summed E-state index contributed by atoms with van der Waals surface area (Å²) in [5.74, 6) is -0.364. The predicted octanol–water partition coefficient (Wildman–Crippen LogP) is 1.97. The van der Waals surface area contributed by atoms with Crippen LogP contribution in [0, 0.1) is 6.92 Å². The molecule has 0 saturated carbocycles. The number of carboxylic acids is 1. The van der Waals surface area contributed by atoms with E-state index in [0.717, 1.165) is 11.4 Å². The van der Waals surface area contributed by atoms with Crippen LogP contribution in [0.4, 0.5) is 0 Å². The highest BCUT2D eigenvalue weighted by Gasteiger charge is 2.15. The Morgan fingerprint density at radius 1 is 1.42 bits per heavy atom. The van der Waals surface area contributed by atoms with Gasteiger partial charge in [0.05, 0.1) is 16.8 Å². The van der Waals surface area contributed by atoms with Gasteiger partial charge in [0, 0.05) is 7.05 Å². The molecule has 0 spiro atoms. The summed E-state index contributed by atoms with van der Waals surface area (Å²) < 4.78 is 1.72. The topological polar surface area (TPSA) is 83.8 Å². The van der Waals surface area contributed by atoms with E-state index in [9.17, 15) is 4.79 Å². The van der Waals surface area contributed by atoms with Gasteiger partial charge in [-0.05, 0) is 25.1 Å². The van der Waals surface area contributed by atoms with Crippen molar-refractivity contribution >= 4 is 17.0 Å². The molecule has 6 heteroatoms. The van der Waals surface area contributed by atoms with Gasteiger partial charge in [0.2, 0.25) is 0 Å². The van der Waals surface area contributed by atoms with Crippen LogP contribution < -0.4 is 0 Å². The second kappa shape index (κ2) is 3.94. The average molecular weight is 256 g/mol. The number of aromatic nitrogens is 4. The maximum absolute atomic E-state index is 11.2. The first-order chi connectivity index (χ1) is 9.06. The minimum Gasteiger partial charge on any atom is -0.478 e. The Kier molecular flexibility index (Phi) is 2.38. The first-order valence-corrected chi connectivity index (χ1v) is 5.79. The molecule has 0 unspecified atom stereocenters. The SMILES string of the molecule is Cc1cc(-c2nc3c(C(=O)O)cccc3[nH]2)n(C)n1. The van der Waals surface area contributed by atoms with Crippen LogP contribution in [0.15, 0.2) is 24.3 Å². The number of rotatable bonds is 2. The van der Waals surface area contributed by atoms with Gasteiger partial charge in [-0.3, -0.25) is 4.68 Å². The van der Waals surface area contributed by atoms with Crippen molar-refractivity contribution < 1.29 is 9.90 Å². The summed E-state index contributed by atoms with van der Waals surface area (Å²) in [4.78, 5) is 18.7. The average Bonchev–Trinajstić information content (AvgIpc) is 2.91. The third-order valence-electron chi connectivity index (χ3n) is 2.99. The Hall–Kier alpha value is -2.63.